The summed E-state index contributed by atoms with van der Waals surface area (Å²) in [6.45, 7) is 1.78. The van der Waals surface area contributed by atoms with Gasteiger partial charge in [-0.25, -0.2) is 8.42 Å². The summed E-state index contributed by atoms with van der Waals surface area (Å²) in [4.78, 5) is 13.0. The van der Waals surface area contributed by atoms with Gasteiger partial charge in [0.25, 0.3) is 0 Å². The molecule has 168 valence electrons. The highest BCUT2D eigenvalue weighted by atomic mass is 32.2. The fourth-order valence-electron chi connectivity index (χ4n) is 4.57. The van der Waals surface area contributed by atoms with E-state index in [1.807, 2.05) is 43.3 Å². The first-order valence-corrected chi connectivity index (χ1v) is 13.1. The number of sulfonamides is 1. The number of nitrogens with one attached hydrogen (secondary N) is 1. The predicted molar refractivity (Wildman–Crippen MR) is 130 cm³/mol. The molecule has 32 heavy (non-hydrogen) atoms. The Morgan fingerprint density at radius 1 is 1.00 bits per heavy atom. The van der Waals surface area contributed by atoms with E-state index in [9.17, 15) is 13.2 Å². The smallest absolute Gasteiger partial charge is 0.241 e. The topological polar surface area (TPSA) is 66.5 Å². The van der Waals surface area contributed by atoms with E-state index >= 15 is 0 Å². The van der Waals surface area contributed by atoms with Crippen molar-refractivity contribution in [1.29, 1.82) is 0 Å². The van der Waals surface area contributed by atoms with Crippen molar-refractivity contribution in [3.8, 4) is 0 Å². The Hall–Kier alpha value is -2.86. The monoisotopic (exact) mass is 450 g/mol. The van der Waals surface area contributed by atoms with Gasteiger partial charge in [0.2, 0.25) is 15.9 Å². The number of nitrogens with zero attached hydrogens (tertiary/aromatic N) is 1. The lowest BCUT2D eigenvalue weighted by Gasteiger charge is -2.26. The predicted octanol–water partition coefficient (Wildman–Crippen LogP) is 4.75. The van der Waals surface area contributed by atoms with E-state index in [4.69, 9.17) is 0 Å². The van der Waals surface area contributed by atoms with Crippen molar-refractivity contribution in [1.82, 2.24) is 5.32 Å². The first-order valence-electron chi connectivity index (χ1n) is 11.2. The minimum Gasteiger partial charge on any atom is -0.348 e. The second kappa shape index (κ2) is 9.33. The lowest BCUT2D eigenvalue weighted by atomic mass is 9.89. The van der Waals surface area contributed by atoms with Crippen LogP contribution in [0.3, 0.4) is 0 Å². The van der Waals surface area contributed by atoms with Gasteiger partial charge < -0.3 is 5.32 Å². The molecule has 4 rings (SSSR count). The zero-order valence-corrected chi connectivity index (χ0v) is 19.5. The maximum absolute atomic E-state index is 13.0. The molecule has 1 aliphatic carbocycles. The largest absolute Gasteiger partial charge is 0.348 e. The number of amides is 1. The molecule has 0 saturated carbocycles. The highest BCUT2D eigenvalue weighted by Gasteiger charge is 2.24. The van der Waals surface area contributed by atoms with Gasteiger partial charge in [-0.3, -0.25) is 9.10 Å². The van der Waals surface area contributed by atoms with Gasteiger partial charge in [-0.2, -0.15) is 0 Å². The Labute approximate surface area is 190 Å². The molecule has 0 bridgehead atoms. The number of fused-ring (bicyclic) bond motifs is 2. The van der Waals surface area contributed by atoms with E-state index in [2.05, 4.69) is 23.5 Å². The summed E-state index contributed by atoms with van der Waals surface area (Å²) >= 11 is 0. The van der Waals surface area contributed by atoms with Gasteiger partial charge in [0, 0.05) is 5.39 Å². The van der Waals surface area contributed by atoms with Gasteiger partial charge in [-0.15, -0.1) is 0 Å². The Morgan fingerprint density at radius 2 is 1.72 bits per heavy atom. The van der Waals surface area contributed by atoms with Gasteiger partial charge in [0.15, 0.2) is 0 Å². The lowest BCUT2D eigenvalue weighted by molar-refractivity contribution is -0.120. The summed E-state index contributed by atoms with van der Waals surface area (Å²) in [5, 5.41) is 4.80. The second-order valence-electron chi connectivity index (χ2n) is 8.53. The van der Waals surface area contributed by atoms with Crippen LogP contribution in [0.4, 0.5) is 5.69 Å². The van der Waals surface area contributed by atoms with Crippen molar-refractivity contribution in [2.45, 2.75) is 45.1 Å². The van der Waals surface area contributed by atoms with E-state index in [-0.39, 0.29) is 18.5 Å². The molecule has 0 saturated heterocycles. The third-order valence-electron chi connectivity index (χ3n) is 6.24. The van der Waals surface area contributed by atoms with Crippen LogP contribution in [-0.4, -0.2) is 27.1 Å². The number of aryl methyl sites for hydroxylation is 2. The van der Waals surface area contributed by atoms with Crippen molar-refractivity contribution < 1.29 is 13.2 Å². The number of hydrogen-bond donors (Lipinski definition) is 1. The van der Waals surface area contributed by atoms with Gasteiger partial charge >= 0.3 is 0 Å². The first kappa shape index (κ1) is 22.3. The SMILES string of the molecule is CCC(NC(=O)CN(c1cccc2ccccc12)S(C)(=O)=O)c1ccc2c(c1)CCCC2. The molecule has 0 fully saturated rings. The van der Waals surface area contributed by atoms with E-state index in [0.29, 0.717) is 5.69 Å². The average molecular weight is 451 g/mol. The van der Waals surface area contributed by atoms with Crippen LogP contribution in [0, 0.1) is 0 Å². The molecule has 1 atom stereocenters. The number of anilines is 1. The Morgan fingerprint density at radius 3 is 2.47 bits per heavy atom. The summed E-state index contributed by atoms with van der Waals surface area (Å²) in [5.74, 6) is -0.312. The Kier molecular flexibility index (Phi) is 6.51. The molecule has 5 nitrogen and oxygen atoms in total. The van der Waals surface area contributed by atoms with Gasteiger partial charge in [-0.1, -0.05) is 61.5 Å². The fourth-order valence-corrected chi connectivity index (χ4v) is 5.44. The van der Waals surface area contributed by atoms with Crippen LogP contribution in [0.2, 0.25) is 0 Å². The Balaban J connectivity index is 1.57. The van der Waals surface area contributed by atoms with Crippen molar-refractivity contribution in [2.24, 2.45) is 0 Å². The van der Waals surface area contributed by atoms with Crippen molar-refractivity contribution in [3.63, 3.8) is 0 Å². The maximum atomic E-state index is 13.0. The highest BCUT2D eigenvalue weighted by molar-refractivity contribution is 7.92. The van der Waals surface area contributed by atoms with Crippen LogP contribution < -0.4 is 9.62 Å². The van der Waals surface area contributed by atoms with Gasteiger partial charge in [0.1, 0.15) is 6.54 Å². The standard InChI is InChI=1S/C26H30N2O3S/c1-3-24(22-16-15-19-9-4-5-11-21(19)17-22)27-26(29)18-28(32(2,30)31)25-14-8-12-20-10-6-7-13-23(20)25/h6-8,10,12-17,24H,3-5,9,11,18H2,1-2H3,(H,27,29). The van der Waals surface area contributed by atoms with Crippen molar-refractivity contribution in [3.05, 3.63) is 77.4 Å². The summed E-state index contributed by atoms with van der Waals surface area (Å²) in [5.41, 5.74) is 4.37. The lowest BCUT2D eigenvalue weighted by Crippen LogP contribution is -2.41. The molecule has 3 aromatic rings. The van der Waals surface area contributed by atoms with E-state index in [0.717, 1.165) is 41.9 Å². The molecule has 0 heterocycles. The second-order valence-corrected chi connectivity index (χ2v) is 10.4. The average Bonchev–Trinajstić information content (AvgIpc) is 2.79. The molecular formula is C26H30N2O3S. The quantitative estimate of drug-likeness (QED) is 0.565. The summed E-state index contributed by atoms with van der Waals surface area (Å²) in [7, 11) is -3.65. The minimum absolute atomic E-state index is 0.149. The summed E-state index contributed by atoms with van der Waals surface area (Å²) < 4.78 is 26.5. The molecule has 0 aromatic heterocycles. The van der Waals surface area contributed by atoms with E-state index in [1.54, 1.807) is 6.07 Å². The summed E-state index contributed by atoms with van der Waals surface area (Å²) in [6.07, 6.45) is 6.51. The van der Waals surface area contributed by atoms with Crippen LogP contribution >= 0.6 is 0 Å². The molecule has 1 aliphatic rings. The number of hydrogen-bond acceptors (Lipinski definition) is 3. The number of benzene rings is 3. The zero-order chi connectivity index (χ0) is 22.7. The first-order chi connectivity index (χ1) is 15.4. The molecule has 0 radical (unpaired) electrons. The van der Waals surface area contributed by atoms with Gasteiger partial charge in [0.05, 0.1) is 18.0 Å². The normalized spacial score (nSPS) is 14.6. The summed E-state index contributed by atoms with van der Waals surface area (Å²) in [6, 6.07) is 19.4. The Bertz CT molecular complexity index is 1230. The van der Waals surface area contributed by atoms with Crippen LogP contribution in [0.25, 0.3) is 10.8 Å². The van der Waals surface area contributed by atoms with E-state index in [1.165, 1.54) is 28.3 Å². The number of carbonyl (C=O) groups is 1. The number of rotatable bonds is 7. The molecule has 0 aliphatic heterocycles. The van der Waals surface area contributed by atoms with Crippen LogP contribution in [0.15, 0.2) is 60.7 Å². The van der Waals surface area contributed by atoms with Crippen molar-refractivity contribution in [2.75, 3.05) is 17.1 Å². The third kappa shape index (κ3) is 4.80. The molecule has 0 spiro atoms. The maximum Gasteiger partial charge on any atom is 0.241 e. The van der Waals surface area contributed by atoms with Crippen LogP contribution in [0.5, 0.6) is 0 Å². The fraction of sp³-hybridized carbons (Fsp3) is 0.346. The third-order valence-corrected chi connectivity index (χ3v) is 7.37. The van der Waals surface area contributed by atoms with Crippen LogP contribution in [-0.2, 0) is 27.7 Å². The van der Waals surface area contributed by atoms with E-state index < -0.39 is 10.0 Å². The van der Waals surface area contributed by atoms with Gasteiger partial charge in [-0.05, 0) is 60.2 Å². The van der Waals surface area contributed by atoms with Crippen molar-refractivity contribution >= 4 is 32.4 Å². The zero-order valence-electron chi connectivity index (χ0n) is 18.7. The molecule has 1 amide bonds. The molecule has 1 N–H and O–H groups in total. The highest BCUT2D eigenvalue weighted by Crippen LogP contribution is 2.29. The van der Waals surface area contributed by atoms with Crippen LogP contribution in [0.1, 0.15) is 48.9 Å². The molecule has 1 unspecified atom stereocenters. The minimum atomic E-state index is -3.65. The molecular weight excluding hydrogens is 420 g/mol. The number of carbonyl (C=O) groups excluding carboxylic acids is 1. The molecule has 6 heteroatoms. The molecule has 3 aromatic carbocycles.